The molecule has 0 N–H and O–H groups in total. The SMILES string of the molecule is [2H]C([2H])([2H])c1cnc(-c2[c-]cccc2)cc1F.[CH3-].[Ir]. The van der Waals surface area contributed by atoms with Crippen molar-refractivity contribution in [2.45, 2.75) is 6.85 Å². The second-order valence-electron chi connectivity index (χ2n) is 2.83. The van der Waals surface area contributed by atoms with Gasteiger partial charge in [-0.25, -0.2) is 4.39 Å². The molecule has 0 bridgehead atoms. The fourth-order valence-electron chi connectivity index (χ4n) is 1.13. The molecule has 16 heavy (non-hydrogen) atoms. The normalized spacial score (nSPS) is 12.4. The molecule has 0 fully saturated rings. The monoisotopic (exact) mass is 397 g/mol. The summed E-state index contributed by atoms with van der Waals surface area (Å²) in [5.41, 5.74) is 0.636. The van der Waals surface area contributed by atoms with E-state index in [9.17, 15) is 4.39 Å². The fourth-order valence-corrected chi connectivity index (χ4v) is 1.13. The van der Waals surface area contributed by atoms with Gasteiger partial charge in [0.1, 0.15) is 5.82 Å². The number of aromatic nitrogens is 1. The summed E-state index contributed by atoms with van der Waals surface area (Å²) in [5.74, 6) is -0.771. The second-order valence-corrected chi connectivity index (χ2v) is 2.83. The molecule has 0 aliphatic heterocycles. The number of aryl methyl sites for hydroxylation is 1. The minimum atomic E-state index is -2.48. The molecule has 2 rings (SSSR count). The zero-order chi connectivity index (χ0) is 12.5. The van der Waals surface area contributed by atoms with Gasteiger partial charge in [0.25, 0.3) is 0 Å². The Morgan fingerprint density at radius 2 is 2.25 bits per heavy atom. The van der Waals surface area contributed by atoms with Crippen molar-refractivity contribution in [1.82, 2.24) is 4.98 Å². The topological polar surface area (TPSA) is 12.9 Å². The summed E-state index contributed by atoms with van der Waals surface area (Å²) >= 11 is 0. The molecule has 1 nitrogen and oxygen atoms in total. The number of hydrogen-bond acceptors (Lipinski definition) is 1. The van der Waals surface area contributed by atoms with E-state index in [1.165, 1.54) is 0 Å². The van der Waals surface area contributed by atoms with Crippen molar-refractivity contribution in [3.63, 3.8) is 0 Å². The van der Waals surface area contributed by atoms with Crippen molar-refractivity contribution in [2.75, 3.05) is 0 Å². The summed E-state index contributed by atoms with van der Waals surface area (Å²) in [5, 5.41) is 0. The molecule has 0 spiro atoms. The van der Waals surface area contributed by atoms with Crippen LogP contribution in [0.15, 0.2) is 36.5 Å². The number of rotatable bonds is 1. The standard InChI is InChI=1S/C12H9FN.CH3.Ir/c1-9-8-14-12(7-11(9)13)10-5-3-2-4-6-10;;/h2-5,7-8H,1H3;1H3;/q2*-1;/i1D3;;. The van der Waals surface area contributed by atoms with E-state index in [1.54, 1.807) is 24.3 Å². The fraction of sp³-hybridized carbons (Fsp3) is 0.0769. The Kier molecular flexibility index (Phi) is 4.12. The van der Waals surface area contributed by atoms with Crippen molar-refractivity contribution in [3.05, 3.63) is 61.4 Å². The molecular formula is C13H12FIrN-2. The van der Waals surface area contributed by atoms with Crippen LogP contribution in [0, 0.1) is 26.2 Å². The molecule has 0 amide bonds. The van der Waals surface area contributed by atoms with E-state index in [2.05, 4.69) is 11.1 Å². The first kappa shape index (κ1) is 10.1. The third-order valence-electron chi connectivity index (χ3n) is 1.84. The van der Waals surface area contributed by atoms with Gasteiger partial charge in [-0.1, -0.05) is 0 Å². The van der Waals surface area contributed by atoms with Crippen LogP contribution >= 0.6 is 0 Å². The van der Waals surface area contributed by atoms with E-state index in [-0.39, 0.29) is 33.1 Å². The van der Waals surface area contributed by atoms with Gasteiger partial charge in [-0.15, -0.1) is 35.9 Å². The van der Waals surface area contributed by atoms with Crippen molar-refractivity contribution < 1.29 is 28.6 Å². The molecular weight excluding hydrogens is 381 g/mol. The van der Waals surface area contributed by atoms with Crippen LogP contribution in [0.4, 0.5) is 4.39 Å². The summed E-state index contributed by atoms with van der Waals surface area (Å²) in [7, 11) is 0. The van der Waals surface area contributed by atoms with E-state index in [4.69, 9.17) is 4.11 Å². The van der Waals surface area contributed by atoms with Crippen LogP contribution < -0.4 is 0 Å². The molecule has 2 aromatic rings. The van der Waals surface area contributed by atoms with Gasteiger partial charge in [0.2, 0.25) is 0 Å². The summed E-state index contributed by atoms with van der Waals surface area (Å²) in [6.45, 7) is -2.48. The minimum absolute atomic E-state index is 0. The second kappa shape index (κ2) is 6.51. The van der Waals surface area contributed by atoms with Crippen molar-refractivity contribution in [1.29, 1.82) is 0 Å². The van der Waals surface area contributed by atoms with E-state index in [0.29, 0.717) is 11.3 Å². The first-order valence-corrected chi connectivity index (χ1v) is 4.11. The molecule has 0 aliphatic carbocycles. The average Bonchev–Trinajstić information content (AvgIpc) is 2.28. The number of hydrogen-bond donors (Lipinski definition) is 0. The molecule has 0 atom stereocenters. The summed E-state index contributed by atoms with van der Waals surface area (Å²) in [4.78, 5) is 3.94. The van der Waals surface area contributed by atoms with E-state index < -0.39 is 12.7 Å². The third kappa shape index (κ3) is 3.22. The predicted molar refractivity (Wildman–Crippen MR) is 59.6 cm³/mol. The molecule has 0 unspecified atom stereocenters. The molecule has 0 saturated heterocycles. The third-order valence-corrected chi connectivity index (χ3v) is 1.84. The maximum atomic E-state index is 13.6. The first-order valence-electron chi connectivity index (χ1n) is 5.61. The molecule has 0 aliphatic rings. The van der Waals surface area contributed by atoms with Gasteiger partial charge in [-0.05, 0) is 18.6 Å². The Morgan fingerprint density at radius 3 is 2.81 bits per heavy atom. The number of benzene rings is 1. The van der Waals surface area contributed by atoms with Crippen LogP contribution in [-0.2, 0) is 20.1 Å². The van der Waals surface area contributed by atoms with Crippen LogP contribution in [0.1, 0.15) is 9.68 Å². The predicted octanol–water partition coefficient (Wildman–Crippen LogP) is 3.44. The summed E-state index contributed by atoms with van der Waals surface area (Å²) < 4.78 is 35.0. The Morgan fingerprint density at radius 1 is 1.44 bits per heavy atom. The molecule has 87 valence electrons. The van der Waals surface area contributed by atoms with Gasteiger partial charge in [-0.2, -0.15) is 0 Å². The molecule has 1 aromatic heterocycles. The van der Waals surface area contributed by atoms with Crippen LogP contribution in [0.5, 0.6) is 0 Å². The zero-order valence-electron chi connectivity index (χ0n) is 11.6. The number of pyridine rings is 1. The van der Waals surface area contributed by atoms with E-state index in [1.807, 2.05) is 0 Å². The van der Waals surface area contributed by atoms with Gasteiger partial charge in [0.15, 0.2) is 0 Å². The molecule has 3 heteroatoms. The van der Waals surface area contributed by atoms with Crippen LogP contribution in [0.3, 0.4) is 0 Å². The molecule has 0 saturated carbocycles. The summed E-state index contributed by atoms with van der Waals surface area (Å²) in [6, 6.07) is 11.0. The average molecular weight is 396 g/mol. The van der Waals surface area contributed by atoms with Gasteiger partial charge in [0, 0.05) is 36.0 Å². The number of halogens is 1. The van der Waals surface area contributed by atoms with Gasteiger partial charge in [0.05, 0.1) is 0 Å². The van der Waals surface area contributed by atoms with Crippen LogP contribution in [0.2, 0.25) is 0 Å². The maximum absolute atomic E-state index is 13.6. The number of nitrogens with zero attached hydrogens (tertiary/aromatic N) is 1. The van der Waals surface area contributed by atoms with Crippen LogP contribution in [-0.4, -0.2) is 4.98 Å². The first-order chi connectivity index (χ1) is 7.98. The summed E-state index contributed by atoms with van der Waals surface area (Å²) in [6.07, 6.45) is 1.05. The Bertz CT molecular complexity index is 529. The van der Waals surface area contributed by atoms with Gasteiger partial charge in [-0.3, -0.25) is 0 Å². The van der Waals surface area contributed by atoms with Crippen molar-refractivity contribution in [2.24, 2.45) is 0 Å². The maximum Gasteiger partial charge on any atom is 0.120 e. The van der Waals surface area contributed by atoms with E-state index in [0.717, 1.165) is 12.3 Å². The van der Waals surface area contributed by atoms with E-state index >= 15 is 0 Å². The zero-order valence-corrected chi connectivity index (χ0v) is 11.0. The molecule has 1 radical (unpaired) electrons. The largest absolute Gasteiger partial charge is 0.358 e. The van der Waals surface area contributed by atoms with Crippen molar-refractivity contribution >= 4 is 0 Å². The Balaban J connectivity index is 0.00000162. The van der Waals surface area contributed by atoms with Gasteiger partial charge < -0.3 is 12.4 Å². The molecule has 1 heterocycles. The quantitative estimate of drug-likeness (QED) is 0.673. The van der Waals surface area contributed by atoms with Crippen LogP contribution in [0.25, 0.3) is 11.3 Å². The van der Waals surface area contributed by atoms with Crippen molar-refractivity contribution in [3.8, 4) is 11.3 Å². The van der Waals surface area contributed by atoms with Gasteiger partial charge >= 0.3 is 0 Å². The minimum Gasteiger partial charge on any atom is -0.358 e. The Labute approximate surface area is 113 Å². The molecule has 1 aromatic carbocycles. The Hall–Kier alpha value is -1.05. The smallest absolute Gasteiger partial charge is 0.120 e.